The molecule has 0 amide bonds. The highest BCUT2D eigenvalue weighted by atomic mass is 32.2. The number of rotatable bonds is 9. The van der Waals surface area contributed by atoms with Crippen molar-refractivity contribution in [2.75, 3.05) is 18.8 Å². The van der Waals surface area contributed by atoms with Crippen molar-refractivity contribution in [2.45, 2.75) is 32.7 Å². The molecule has 0 aromatic carbocycles. The van der Waals surface area contributed by atoms with E-state index in [-0.39, 0.29) is 11.8 Å². The van der Waals surface area contributed by atoms with Crippen LogP contribution in [0.25, 0.3) is 0 Å². The Balaban J connectivity index is 2.38. The monoisotopic (exact) mass is 285 g/mol. The molecule has 0 spiro atoms. The van der Waals surface area contributed by atoms with Gasteiger partial charge in [-0.15, -0.1) is 0 Å². The van der Waals surface area contributed by atoms with E-state index in [9.17, 15) is 8.42 Å². The lowest BCUT2D eigenvalue weighted by atomic mass is 10.1. The predicted octanol–water partition coefficient (Wildman–Crippen LogP) is 1.45. The smallest absolute Gasteiger partial charge is 0.212 e. The van der Waals surface area contributed by atoms with Gasteiger partial charge >= 0.3 is 0 Å². The Morgan fingerprint density at radius 3 is 2.58 bits per heavy atom. The fourth-order valence-electron chi connectivity index (χ4n) is 1.74. The van der Waals surface area contributed by atoms with E-state index >= 15 is 0 Å². The third-order valence-corrected chi connectivity index (χ3v) is 4.29. The summed E-state index contributed by atoms with van der Waals surface area (Å²) < 4.78 is 26.5. The lowest BCUT2D eigenvalue weighted by Gasteiger charge is -2.14. The first kappa shape index (κ1) is 16.1. The zero-order chi connectivity index (χ0) is 14.1. The molecule has 2 N–H and O–H groups in total. The molecular formula is C13H23N3O2S. The van der Waals surface area contributed by atoms with Crippen molar-refractivity contribution in [3.8, 4) is 0 Å². The number of hydrogen-bond donors (Lipinski definition) is 2. The highest BCUT2D eigenvalue weighted by Crippen LogP contribution is 2.11. The van der Waals surface area contributed by atoms with Gasteiger partial charge in [-0.3, -0.25) is 4.98 Å². The van der Waals surface area contributed by atoms with Gasteiger partial charge in [-0.1, -0.05) is 6.92 Å². The fourth-order valence-corrected chi connectivity index (χ4v) is 3.05. The molecule has 0 bridgehead atoms. The predicted molar refractivity (Wildman–Crippen MR) is 77.4 cm³/mol. The molecule has 0 aliphatic heterocycles. The maximum atomic E-state index is 11.9. The van der Waals surface area contributed by atoms with Crippen LogP contribution in [0.5, 0.6) is 0 Å². The number of aromatic nitrogens is 1. The molecule has 19 heavy (non-hydrogen) atoms. The molecule has 1 aromatic rings. The van der Waals surface area contributed by atoms with Gasteiger partial charge in [-0.05, 0) is 50.6 Å². The Morgan fingerprint density at radius 2 is 1.95 bits per heavy atom. The van der Waals surface area contributed by atoms with Crippen molar-refractivity contribution in [3.63, 3.8) is 0 Å². The SMILES string of the molecule is CCCNCCCS(=O)(=O)NC(C)c1ccncc1. The molecule has 0 radical (unpaired) electrons. The van der Waals surface area contributed by atoms with Gasteiger partial charge < -0.3 is 5.32 Å². The maximum Gasteiger partial charge on any atom is 0.212 e. The third kappa shape index (κ3) is 6.66. The van der Waals surface area contributed by atoms with Gasteiger partial charge in [-0.25, -0.2) is 13.1 Å². The molecule has 0 fully saturated rings. The summed E-state index contributed by atoms with van der Waals surface area (Å²) in [5.74, 6) is 0.152. The van der Waals surface area contributed by atoms with Gasteiger partial charge in [0.1, 0.15) is 0 Å². The summed E-state index contributed by atoms with van der Waals surface area (Å²) in [5.41, 5.74) is 0.919. The van der Waals surface area contributed by atoms with Crippen LogP contribution in [0.15, 0.2) is 24.5 Å². The second-order valence-electron chi connectivity index (χ2n) is 4.54. The van der Waals surface area contributed by atoms with Gasteiger partial charge in [0.2, 0.25) is 10.0 Å². The largest absolute Gasteiger partial charge is 0.317 e. The van der Waals surface area contributed by atoms with Crippen LogP contribution in [-0.2, 0) is 10.0 Å². The summed E-state index contributed by atoms with van der Waals surface area (Å²) in [5, 5.41) is 3.19. The highest BCUT2D eigenvalue weighted by molar-refractivity contribution is 7.89. The number of nitrogens with one attached hydrogen (secondary N) is 2. The van der Waals surface area contributed by atoms with Crippen LogP contribution in [-0.4, -0.2) is 32.2 Å². The van der Waals surface area contributed by atoms with Gasteiger partial charge in [0.25, 0.3) is 0 Å². The molecule has 1 unspecified atom stereocenters. The van der Waals surface area contributed by atoms with E-state index in [0.717, 1.165) is 25.1 Å². The summed E-state index contributed by atoms with van der Waals surface area (Å²) in [6.07, 6.45) is 5.01. The van der Waals surface area contributed by atoms with Gasteiger partial charge in [0.15, 0.2) is 0 Å². The van der Waals surface area contributed by atoms with Crippen molar-refractivity contribution in [1.82, 2.24) is 15.0 Å². The molecule has 0 aliphatic rings. The van der Waals surface area contributed by atoms with E-state index in [2.05, 4.69) is 21.9 Å². The third-order valence-electron chi connectivity index (χ3n) is 2.76. The Hall–Kier alpha value is -0.980. The summed E-state index contributed by atoms with van der Waals surface area (Å²) in [4.78, 5) is 3.92. The van der Waals surface area contributed by atoms with Crippen LogP contribution in [0, 0.1) is 0 Å². The van der Waals surface area contributed by atoms with Gasteiger partial charge in [0, 0.05) is 18.4 Å². The Bertz CT molecular complexity index is 448. The maximum absolute atomic E-state index is 11.9. The molecular weight excluding hydrogens is 262 g/mol. The molecule has 0 aliphatic carbocycles. The van der Waals surface area contributed by atoms with Crippen LogP contribution in [0.4, 0.5) is 0 Å². The second kappa shape index (κ2) is 8.24. The average molecular weight is 285 g/mol. The Kier molecular flexibility index (Phi) is 6.97. The first-order chi connectivity index (χ1) is 9.05. The number of nitrogens with zero attached hydrogens (tertiary/aromatic N) is 1. The minimum Gasteiger partial charge on any atom is -0.317 e. The van der Waals surface area contributed by atoms with E-state index in [1.807, 2.05) is 19.1 Å². The summed E-state index contributed by atoms with van der Waals surface area (Å²) in [6, 6.07) is 3.41. The van der Waals surface area contributed by atoms with Crippen molar-refractivity contribution < 1.29 is 8.42 Å². The molecule has 108 valence electrons. The summed E-state index contributed by atoms with van der Waals surface area (Å²) in [6.45, 7) is 5.59. The Labute approximate surface area is 115 Å². The number of sulfonamides is 1. The first-order valence-electron chi connectivity index (χ1n) is 6.66. The zero-order valence-electron chi connectivity index (χ0n) is 11.6. The number of hydrogen-bond acceptors (Lipinski definition) is 4. The first-order valence-corrected chi connectivity index (χ1v) is 8.31. The normalized spacial score (nSPS) is 13.4. The van der Waals surface area contributed by atoms with Crippen LogP contribution in [0.1, 0.15) is 38.3 Å². The molecule has 1 atom stereocenters. The molecule has 0 saturated carbocycles. The van der Waals surface area contributed by atoms with Crippen molar-refractivity contribution in [2.24, 2.45) is 0 Å². The highest BCUT2D eigenvalue weighted by Gasteiger charge is 2.15. The standard InChI is InChI=1S/C13H23N3O2S/c1-3-7-14-8-4-11-19(17,18)16-12(2)13-5-9-15-10-6-13/h5-6,9-10,12,14,16H,3-4,7-8,11H2,1-2H3. The van der Waals surface area contributed by atoms with Crippen molar-refractivity contribution in [3.05, 3.63) is 30.1 Å². The van der Waals surface area contributed by atoms with Crippen molar-refractivity contribution >= 4 is 10.0 Å². The lowest BCUT2D eigenvalue weighted by molar-refractivity contribution is 0.561. The van der Waals surface area contributed by atoms with Gasteiger partial charge in [0.05, 0.1) is 5.75 Å². The Morgan fingerprint density at radius 1 is 1.26 bits per heavy atom. The second-order valence-corrected chi connectivity index (χ2v) is 6.42. The molecule has 1 heterocycles. The van der Waals surface area contributed by atoms with E-state index in [1.165, 1.54) is 0 Å². The topological polar surface area (TPSA) is 71.1 Å². The van der Waals surface area contributed by atoms with E-state index in [1.54, 1.807) is 12.4 Å². The average Bonchev–Trinajstić information content (AvgIpc) is 2.39. The molecule has 5 nitrogen and oxygen atoms in total. The fraction of sp³-hybridized carbons (Fsp3) is 0.615. The van der Waals surface area contributed by atoms with E-state index < -0.39 is 10.0 Å². The molecule has 0 saturated heterocycles. The number of pyridine rings is 1. The minimum atomic E-state index is -3.23. The zero-order valence-corrected chi connectivity index (χ0v) is 12.4. The quantitative estimate of drug-likeness (QED) is 0.674. The van der Waals surface area contributed by atoms with Crippen molar-refractivity contribution in [1.29, 1.82) is 0 Å². The lowest BCUT2D eigenvalue weighted by Crippen LogP contribution is -2.30. The summed E-state index contributed by atoms with van der Waals surface area (Å²) >= 11 is 0. The van der Waals surface area contributed by atoms with Crippen LogP contribution in [0.3, 0.4) is 0 Å². The molecule has 1 rings (SSSR count). The van der Waals surface area contributed by atoms with E-state index in [0.29, 0.717) is 6.42 Å². The van der Waals surface area contributed by atoms with Crippen LogP contribution >= 0.6 is 0 Å². The van der Waals surface area contributed by atoms with Crippen LogP contribution < -0.4 is 10.0 Å². The van der Waals surface area contributed by atoms with Gasteiger partial charge in [-0.2, -0.15) is 0 Å². The summed E-state index contributed by atoms with van der Waals surface area (Å²) in [7, 11) is -3.23. The minimum absolute atomic E-state index is 0.152. The molecule has 6 heteroatoms. The molecule has 1 aromatic heterocycles. The van der Waals surface area contributed by atoms with Crippen LogP contribution in [0.2, 0.25) is 0 Å². The van der Waals surface area contributed by atoms with E-state index in [4.69, 9.17) is 0 Å².